The molecule has 0 unspecified atom stereocenters. The molecule has 7 aromatic rings. The van der Waals surface area contributed by atoms with E-state index in [1.807, 2.05) is 79.0 Å². The first kappa shape index (κ1) is 23.1. The summed E-state index contributed by atoms with van der Waals surface area (Å²) in [5.74, 6) is 1.16. The van der Waals surface area contributed by atoms with Gasteiger partial charge in [0, 0.05) is 45.7 Å². The Bertz CT molecular complexity index is 1880. The predicted molar refractivity (Wildman–Crippen MR) is 142 cm³/mol. The average molecular weight is 658 g/mol. The summed E-state index contributed by atoms with van der Waals surface area (Å²) in [6.07, 6.45) is 3.58. The maximum absolute atomic E-state index is 6.44. The minimum atomic E-state index is 0. The number of hydrogen-bond acceptors (Lipinski definition) is 4. The minimum absolute atomic E-state index is 0. The van der Waals surface area contributed by atoms with Gasteiger partial charge in [-0.2, -0.15) is 0 Å². The summed E-state index contributed by atoms with van der Waals surface area (Å²) in [5, 5.41) is 4.32. The van der Waals surface area contributed by atoms with Gasteiger partial charge >= 0.3 is 21.1 Å². The van der Waals surface area contributed by atoms with Crippen molar-refractivity contribution >= 4 is 32.7 Å². The largest absolute Gasteiger partial charge is 2.00 e. The van der Waals surface area contributed by atoms with Crippen LogP contribution >= 0.6 is 0 Å². The second kappa shape index (κ2) is 9.65. The number of ether oxygens (including phenoxy) is 1. The topological polar surface area (TPSA) is 48.2 Å². The standard InChI is InChI=1S/C32H18N2O2.Pt/c1-2-12-26-21(7-1)14-15-27-28-16-18-34-30(32(28)36-31(26)27)23-9-6-11-25(20-23)35-24-10-5-8-22(19-24)29-13-3-4-17-33-29;/h1-18H;/q-2;+2. The van der Waals surface area contributed by atoms with Crippen LogP contribution in [0.1, 0.15) is 0 Å². The Hall–Kier alpha value is -4.27. The molecule has 7 rings (SSSR count). The molecule has 0 spiro atoms. The number of nitrogens with zero attached hydrogens (tertiary/aromatic N) is 2. The summed E-state index contributed by atoms with van der Waals surface area (Å²) in [6, 6.07) is 38.5. The van der Waals surface area contributed by atoms with E-state index in [1.54, 1.807) is 6.20 Å². The van der Waals surface area contributed by atoms with Crippen LogP contribution in [0.4, 0.5) is 0 Å². The second-order valence-corrected chi connectivity index (χ2v) is 8.48. The van der Waals surface area contributed by atoms with E-state index in [-0.39, 0.29) is 21.1 Å². The molecule has 4 aromatic carbocycles. The number of hydrogen-bond donors (Lipinski definition) is 0. The first-order valence-corrected chi connectivity index (χ1v) is 11.7. The molecular formula is C32H18N2O2Pt. The number of rotatable bonds is 4. The number of aromatic nitrogens is 2. The summed E-state index contributed by atoms with van der Waals surface area (Å²) >= 11 is 0. The van der Waals surface area contributed by atoms with Crippen molar-refractivity contribution in [3.05, 3.63) is 122 Å². The molecule has 0 fully saturated rings. The normalized spacial score (nSPS) is 11.0. The van der Waals surface area contributed by atoms with Crippen LogP contribution in [0.15, 0.2) is 114 Å². The monoisotopic (exact) mass is 657 g/mol. The minimum Gasteiger partial charge on any atom is -0.497 e. The molecule has 0 saturated carbocycles. The molecule has 0 aliphatic carbocycles. The van der Waals surface area contributed by atoms with Gasteiger partial charge in [-0.3, -0.25) is 0 Å². The average Bonchev–Trinajstić information content (AvgIpc) is 3.33. The van der Waals surface area contributed by atoms with Gasteiger partial charge in [-0.25, -0.2) is 0 Å². The summed E-state index contributed by atoms with van der Waals surface area (Å²) < 4.78 is 12.6. The summed E-state index contributed by atoms with van der Waals surface area (Å²) in [7, 11) is 0. The molecule has 0 bridgehead atoms. The van der Waals surface area contributed by atoms with Gasteiger partial charge in [-0.1, -0.05) is 54.6 Å². The van der Waals surface area contributed by atoms with E-state index in [0.29, 0.717) is 11.5 Å². The van der Waals surface area contributed by atoms with Crippen LogP contribution in [0.5, 0.6) is 11.5 Å². The molecule has 3 heterocycles. The Balaban J connectivity index is 0.00000252. The van der Waals surface area contributed by atoms with E-state index in [4.69, 9.17) is 9.15 Å². The number of pyridine rings is 2. The van der Waals surface area contributed by atoms with Gasteiger partial charge in [-0.15, -0.1) is 47.5 Å². The van der Waals surface area contributed by atoms with Crippen LogP contribution in [0.2, 0.25) is 0 Å². The van der Waals surface area contributed by atoms with Crippen LogP contribution in [0.3, 0.4) is 0 Å². The van der Waals surface area contributed by atoms with Crippen molar-refractivity contribution in [2.75, 3.05) is 0 Å². The number of furan rings is 1. The van der Waals surface area contributed by atoms with Gasteiger partial charge in [0.2, 0.25) is 0 Å². The molecule has 37 heavy (non-hydrogen) atoms. The first-order valence-electron chi connectivity index (χ1n) is 11.7. The van der Waals surface area contributed by atoms with Crippen LogP contribution in [0, 0.1) is 12.1 Å². The predicted octanol–water partition coefficient (Wildman–Crippen LogP) is 8.25. The zero-order valence-corrected chi connectivity index (χ0v) is 21.7. The SMILES string of the molecule is [Pt+2].[c-]1c(Oc2[c-]c(-c3nccc4c3oc3c5ccccc5ccc43)ccc2)cccc1-c1ccccn1. The third-order valence-corrected chi connectivity index (χ3v) is 6.23. The molecule has 0 aliphatic heterocycles. The Morgan fingerprint density at radius 3 is 2.16 bits per heavy atom. The van der Waals surface area contributed by atoms with Gasteiger partial charge in [0.05, 0.1) is 0 Å². The molecule has 3 aromatic heterocycles. The number of benzene rings is 4. The summed E-state index contributed by atoms with van der Waals surface area (Å²) in [6.45, 7) is 0. The van der Waals surface area contributed by atoms with Gasteiger partial charge in [0.25, 0.3) is 0 Å². The fraction of sp³-hybridized carbons (Fsp3) is 0. The van der Waals surface area contributed by atoms with E-state index in [9.17, 15) is 0 Å². The smallest absolute Gasteiger partial charge is 0.497 e. The molecular weight excluding hydrogens is 639 g/mol. The molecule has 0 N–H and O–H groups in total. The Morgan fingerprint density at radius 2 is 1.32 bits per heavy atom. The fourth-order valence-corrected chi connectivity index (χ4v) is 4.57. The van der Waals surface area contributed by atoms with Crippen molar-refractivity contribution in [3.8, 4) is 34.0 Å². The second-order valence-electron chi connectivity index (χ2n) is 8.48. The Kier molecular flexibility index (Phi) is 6.03. The summed E-state index contributed by atoms with van der Waals surface area (Å²) in [5.41, 5.74) is 4.83. The van der Waals surface area contributed by atoms with E-state index in [2.05, 4.69) is 46.4 Å². The van der Waals surface area contributed by atoms with Gasteiger partial charge < -0.3 is 19.1 Å². The quantitative estimate of drug-likeness (QED) is 0.179. The molecule has 0 atom stereocenters. The third kappa shape index (κ3) is 4.20. The van der Waals surface area contributed by atoms with Crippen molar-refractivity contribution in [1.82, 2.24) is 9.97 Å². The zero-order chi connectivity index (χ0) is 23.9. The van der Waals surface area contributed by atoms with E-state index >= 15 is 0 Å². The van der Waals surface area contributed by atoms with Crippen molar-refractivity contribution in [3.63, 3.8) is 0 Å². The van der Waals surface area contributed by atoms with Gasteiger partial charge in [0.1, 0.15) is 11.2 Å². The van der Waals surface area contributed by atoms with Crippen molar-refractivity contribution in [2.24, 2.45) is 0 Å². The van der Waals surface area contributed by atoms with E-state index in [1.165, 1.54) is 0 Å². The molecule has 0 amide bonds. The molecule has 5 heteroatoms. The van der Waals surface area contributed by atoms with Crippen molar-refractivity contribution in [1.29, 1.82) is 0 Å². The molecule has 0 saturated heterocycles. The fourth-order valence-electron chi connectivity index (χ4n) is 4.57. The maximum atomic E-state index is 6.44. The zero-order valence-electron chi connectivity index (χ0n) is 19.4. The number of fused-ring (bicyclic) bond motifs is 5. The van der Waals surface area contributed by atoms with Crippen LogP contribution in [-0.2, 0) is 21.1 Å². The van der Waals surface area contributed by atoms with Crippen molar-refractivity contribution in [2.45, 2.75) is 0 Å². The first-order chi connectivity index (χ1) is 17.8. The Morgan fingerprint density at radius 1 is 0.568 bits per heavy atom. The van der Waals surface area contributed by atoms with E-state index < -0.39 is 0 Å². The van der Waals surface area contributed by atoms with Crippen LogP contribution in [0.25, 0.3) is 55.2 Å². The van der Waals surface area contributed by atoms with Crippen LogP contribution < -0.4 is 4.74 Å². The van der Waals surface area contributed by atoms with E-state index in [0.717, 1.165) is 55.2 Å². The Labute approximate surface area is 227 Å². The van der Waals surface area contributed by atoms with Crippen molar-refractivity contribution < 1.29 is 30.2 Å². The summed E-state index contributed by atoms with van der Waals surface area (Å²) in [4.78, 5) is 9.06. The van der Waals surface area contributed by atoms with Gasteiger partial charge in [0.15, 0.2) is 0 Å². The molecule has 178 valence electrons. The third-order valence-electron chi connectivity index (χ3n) is 6.23. The molecule has 4 nitrogen and oxygen atoms in total. The van der Waals surface area contributed by atoms with Gasteiger partial charge in [-0.05, 0) is 29.3 Å². The maximum Gasteiger partial charge on any atom is 2.00 e. The van der Waals surface area contributed by atoms with Crippen LogP contribution in [-0.4, -0.2) is 9.97 Å². The molecule has 0 aliphatic rings. The molecule has 0 radical (unpaired) electrons.